The fourth-order valence-corrected chi connectivity index (χ4v) is 2.24. The molecule has 0 aliphatic rings. The van der Waals surface area contributed by atoms with Gasteiger partial charge in [-0.2, -0.15) is 13.2 Å². The van der Waals surface area contributed by atoms with Gasteiger partial charge in [0.1, 0.15) is 6.26 Å². The summed E-state index contributed by atoms with van der Waals surface area (Å²) < 4.78 is 53.1. The molecule has 0 amide bonds. The summed E-state index contributed by atoms with van der Waals surface area (Å²) in [5.41, 5.74) is -3.54. The molecule has 1 aromatic heterocycles. The molecule has 21 heavy (non-hydrogen) atoms. The van der Waals surface area contributed by atoms with Crippen molar-refractivity contribution in [1.82, 2.24) is 4.98 Å². The van der Waals surface area contributed by atoms with Gasteiger partial charge in [-0.05, 0) is 23.8 Å². The van der Waals surface area contributed by atoms with Gasteiger partial charge in [-0.15, -0.1) is 11.6 Å². The number of hydrogen-bond acceptors (Lipinski definition) is 3. The average molecular weight is 336 g/mol. The van der Waals surface area contributed by atoms with Gasteiger partial charge in [0.15, 0.2) is 10.8 Å². The van der Waals surface area contributed by atoms with E-state index in [9.17, 15) is 17.4 Å². The first-order valence-electron chi connectivity index (χ1n) is 5.67. The summed E-state index contributed by atoms with van der Waals surface area (Å²) in [6, 6.07) is 5.20. The summed E-state index contributed by atoms with van der Waals surface area (Å²) >= 11 is 5.57. The van der Waals surface area contributed by atoms with Gasteiger partial charge in [0.2, 0.25) is 5.89 Å². The number of benzene rings is 1. The summed E-state index contributed by atoms with van der Waals surface area (Å²) in [6.45, 7) is 0. The minimum atomic E-state index is -4.76. The van der Waals surface area contributed by atoms with E-state index in [0.29, 0.717) is 17.1 Å². The maximum atomic E-state index is 12.3. The van der Waals surface area contributed by atoms with Crippen molar-refractivity contribution in [2.45, 2.75) is 16.3 Å². The van der Waals surface area contributed by atoms with E-state index in [1.54, 1.807) is 12.2 Å². The number of nitrogens with zero attached hydrogens (tertiary/aromatic N) is 1. The summed E-state index contributed by atoms with van der Waals surface area (Å²) in [5.74, 6) is 0.573. The number of alkyl halides is 4. The molecule has 0 saturated heterocycles. The number of halogens is 4. The third-order valence-corrected chi connectivity index (χ3v) is 3.82. The van der Waals surface area contributed by atoms with Crippen LogP contribution in [-0.2, 0) is 16.7 Å². The number of rotatable bonds is 4. The van der Waals surface area contributed by atoms with Gasteiger partial charge in [0.25, 0.3) is 0 Å². The quantitative estimate of drug-likeness (QED) is 0.786. The summed E-state index contributed by atoms with van der Waals surface area (Å²) in [5, 5.41) is 0. The highest BCUT2D eigenvalue weighted by molar-refractivity contribution is 7.86. The zero-order valence-corrected chi connectivity index (χ0v) is 12.0. The average Bonchev–Trinajstić information content (AvgIpc) is 2.92. The predicted octanol–water partition coefficient (Wildman–Crippen LogP) is 4.21. The van der Waals surface area contributed by atoms with E-state index in [-0.39, 0.29) is 10.8 Å². The monoisotopic (exact) mass is 335 g/mol. The Morgan fingerprint density at radius 3 is 2.43 bits per heavy atom. The molecule has 0 aliphatic carbocycles. The van der Waals surface area contributed by atoms with E-state index >= 15 is 0 Å². The molecular formula is C13H9ClF3NO2S. The summed E-state index contributed by atoms with van der Waals surface area (Å²) in [4.78, 5) is 3.75. The molecule has 1 heterocycles. The Bertz CT molecular complexity index is 665. The van der Waals surface area contributed by atoms with Crippen LogP contribution in [0.3, 0.4) is 0 Å². The van der Waals surface area contributed by atoms with Gasteiger partial charge in [-0.1, -0.05) is 12.1 Å². The number of hydrogen-bond donors (Lipinski definition) is 0. The molecule has 0 spiro atoms. The van der Waals surface area contributed by atoms with Crippen molar-refractivity contribution < 1.29 is 21.8 Å². The molecule has 0 aliphatic heterocycles. The standard InChI is InChI=1S/C13H9ClF3NO2S/c14-7-10-8-20-12(18-10)6-3-9-1-4-11(5-2-9)21(19)13(15,16)17/h1-6,8H,7H2/b6-3+. The van der Waals surface area contributed by atoms with Crippen LogP contribution in [0.4, 0.5) is 13.2 Å². The van der Waals surface area contributed by atoms with Crippen LogP contribution >= 0.6 is 11.6 Å². The fraction of sp³-hybridized carbons (Fsp3) is 0.154. The van der Waals surface area contributed by atoms with Crippen molar-refractivity contribution in [1.29, 1.82) is 0 Å². The molecule has 2 aromatic rings. The van der Waals surface area contributed by atoms with Crippen molar-refractivity contribution in [3.05, 3.63) is 47.7 Å². The normalized spacial score (nSPS) is 13.7. The van der Waals surface area contributed by atoms with Gasteiger partial charge in [0, 0.05) is 11.0 Å². The molecular weight excluding hydrogens is 327 g/mol. The summed E-state index contributed by atoms with van der Waals surface area (Å²) in [7, 11) is -3.02. The van der Waals surface area contributed by atoms with Gasteiger partial charge < -0.3 is 4.42 Å². The second-order valence-corrected chi connectivity index (χ2v) is 5.67. The predicted molar refractivity (Wildman–Crippen MR) is 73.9 cm³/mol. The lowest BCUT2D eigenvalue weighted by atomic mass is 10.2. The minimum Gasteiger partial charge on any atom is -0.445 e. The van der Waals surface area contributed by atoms with Gasteiger partial charge in [-0.25, -0.2) is 9.19 Å². The van der Waals surface area contributed by atoms with Crippen molar-refractivity contribution in [2.75, 3.05) is 0 Å². The Labute approximate surface area is 125 Å². The van der Waals surface area contributed by atoms with Crippen LogP contribution < -0.4 is 0 Å². The highest BCUT2D eigenvalue weighted by atomic mass is 35.5. The molecule has 0 radical (unpaired) electrons. The van der Waals surface area contributed by atoms with Crippen LogP contribution in [0.5, 0.6) is 0 Å². The topological polar surface area (TPSA) is 43.1 Å². The molecule has 0 saturated carbocycles. The van der Waals surface area contributed by atoms with E-state index in [2.05, 4.69) is 4.98 Å². The molecule has 2 rings (SSSR count). The molecule has 1 aromatic carbocycles. The lowest BCUT2D eigenvalue weighted by Gasteiger charge is -2.05. The van der Waals surface area contributed by atoms with Crippen molar-refractivity contribution in [2.24, 2.45) is 0 Å². The smallest absolute Gasteiger partial charge is 0.445 e. The van der Waals surface area contributed by atoms with E-state index in [1.165, 1.54) is 30.5 Å². The zero-order chi connectivity index (χ0) is 15.5. The molecule has 3 nitrogen and oxygen atoms in total. The summed E-state index contributed by atoms with van der Waals surface area (Å²) in [6.07, 6.45) is 4.60. The van der Waals surface area contributed by atoms with E-state index in [4.69, 9.17) is 16.0 Å². The largest absolute Gasteiger partial charge is 0.475 e. The number of aromatic nitrogens is 1. The van der Waals surface area contributed by atoms with Crippen LogP contribution in [0.1, 0.15) is 17.1 Å². The maximum absolute atomic E-state index is 12.3. The van der Waals surface area contributed by atoms with Crippen LogP contribution in [0.25, 0.3) is 12.2 Å². The third-order valence-electron chi connectivity index (χ3n) is 2.43. The first-order valence-corrected chi connectivity index (χ1v) is 7.35. The first kappa shape index (κ1) is 15.8. The number of oxazole rings is 1. The van der Waals surface area contributed by atoms with Crippen LogP contribution in [0.2, 0.25) is 0 Å². The fourth-order valence-electron chi connectivity index (χ4n) is 1.46. The molecule has 1 atom stereocenters. The van der Waals surface area contributed by atoms with E-state index in [1.807, 2.05) is 0 Å². The van der Waals surface area contributed by atoms with Crippen molar-refractivity contribution >= 4 is 34.6 Å². The SMILES string of the molecule is O=S(c1ccc(/C=C/c2nc(CCl)co2)cc1)C(F)(F)F. The van der Waals surface area contributed by atoms with Crippen LogP contribution in [-0.4, -0.2) is 14.7 Å². The second-order valence-electron chi connectivity index (χ2n) is 3.93. The van der Waals surface area contributed by atoms with Crippen molar-refractivity contribution in [3.63, 3.8) is 0 Å². The van der Waals surface area contributed by atoms with E-state index in [0.717, 1.165) is 0 Å². The molecule has 8 heteroatoms. The van der Waals surface area contributed by atoms with Crippen LogP contribution in [0, 0.1) is 0 Å². The lowest BCUT2D eigenvalue weighted by molar-refractivity contribution is -0.0384. The van der Waals surface area contributed by atoms with Crippen molar-refractivity contribution in [3.8, 4) is 0 Å². The molecule has 0 N–H and O–H groups in total. The highest BCUT2D eigenvalue weighted by Gasteiger charge is 2.37. The molecule has 1 unspecified atom stereocenters. The molecule has 112 valence electrons. The van der Waals surface area contributed by atoms with E-state index < -0.39 is 16.3 Å². The van der Waals surface area contributed by atoms with Gasteiger partial charge in [-0.3, -0.25) is 0 Å². The minimum absolute atomic E-state index is 0.231. The first-order chi connectivity index (χ1) is 9.90. The second kappa shape index (κ2) is 6.44. The molecule has 0 bridgehead atoms. The Hall–Kier alpha value is -1.60. The Morgan fingerprint density at radius 2 is 1.90 bits per heavy atom. The maximum Gasteiger partial charge on any atom is 0.475 e. The van der Waals surface area contributed by atoms with Gasteiger partial charge >= 0.3 is 5.51 Å². The Morgan fingerprint density at radius 1 is 1.24 bits per heavy atom. The third kappa shape index (κ3) is 4.18. The van der Waals surface area contributed by atoms with Gasteiger partial charge in [0.05, 0.1) is 11.6 Å². The molecule has 0 fully saturated rings. The highest BCUT2D eigenvalue weighted by Crippen LogP contribution is 2.26. The Kier molecular flexibility index (Phi) is 4.84. The lowest BCUT2D eigenvalue weighted by Crippen LogP contribution is -2.16. The Balaban J connectivity index is 2.10. The zero-order valence-electron chi connectivity index (χ0n) is 10.4. The van der Waals surface area contributed by atoms with Crippen LogP contribution in [0.15, 0.2) is 39.8 Å².